The number of rotatable bonds is 2. The highest BCUT2D eigenvalue weighted by Gasteiger charge is 2.01. The first-order valence-electron chi connectivity index (χ1n) is 3.33. The third-order valence-corrected chi connectivity index (χ3v) is 2.68. The van der Waals surface area contributed by atoms with E-state index >= 15 is 0 Å². The summed E-state index contributed by atoms with van der Waals surface area (Å²) in [7, 11) is 0. The quantitative estimate of drug-likeness (QED) is 0.438. The summed E-state index contributed by atoms with van der Waals surface area (Å²) in [4.78, 5) is 1.00. The van der Waals surface area contributed by atoms with Gasteiger partial charge in [0.05, 0.1) is 5.02 Å². The van der Waals surface area contributed by atoms with Gasteiger partial charge in [0.15, 0.2) is 0 Å². The van der Waals surface area contributed by atoms with E-state index in [0.29, 0.717) is 10.6 Å². The van der Waals surface area contributed by atoms with Crippen molar-refractivity contribution in [3.05, 3.63) is 28.8 Å². The van der Waals surface area contributed by atoms with E-state index in [1.54, 1.807) is 23.9 Å². The van der Waals surface area contributed by atoms with E-state index in [4.69, 9.17) is 22.7 Å². The molecule has 2 nitrogen and oxygen atoms in total. The highest BCUT2D eigenvalue weighted by Crippen LogP contribution is 2.25. The van der Waals surface area contributed by atoms with Crippen molar-refractivity contribution in [1.82, 2.24) is 0 Å². The van der Waals surface area contributed by atoms with Gasteiger partial charge in [0.2, 0.25) is 0 Å². The number of hydrogen-bond acceptors (Lipinski definition) is 2. The van der Waals surface area contributed by atoms with Crippen molar-refractivity contribution < 1.29 is 0 Å². The average molecular weight is 201 g/mol. The van der Waals surface area contributed by atoms with Crippen LogP contribution < -0.4 is 5.73 Å². The molecule has 0 radical (unpaired) electrons. The lowest BCUT2D eigenvalue weighted by molar-refractivity contribution is 1.39. The minimum absolute atomic E-state index is 0.0459. The van der Waals surface area contributed by atoms with Crippen LogP contribution in [-0.4, -0.2) is 12.1 Å². The fraction of sp³-hybridized carbons (Fsp3) is 0.125. The van der Waals surface area contributed by atoms with Gasteiger partial charge in [-0.1, -0.05) is 17.7 Å². The number of nitrogens with two attached hydrogens (primary N) is 1. The molecule has 0 aliphatic carbocycles. The van der Waals surface area contributed by atoms with Crippen LogP contribution >= 0.6 is 23.4 Å². The Morgan fingerprint density at radius 2 is 2.25 bits per heavy atom. The number of nitrogens with one attached hydrogen (secondary N) is 1. The van der Waals surface area contributed by atoms with E-state index in [1.807, 2.05) is 12.3 Å². The molecule has 0 saturated carbocycles. The summed E-state index contributed by atoms with van der Waals surface area (Å²) in [5.41, 5.74) is 5.96. The largest absolute Gasteiger partial charge is 0.384 e. The summed E-state index contributed by atoms with van der Waals surface area (Å²) in [6.45, 7) is 0. The number of nitrogen functional groups attached to an aromatic ring is 1. The maximum Gasteiger partial charge on any atom is 0.122 e. The molecule has 0 unspecified atom stereocenters. The minimum atomic E-state index is 0.0459. The minimum Gasteiger partial charge on any atom is -0.384 e. The van der Waals surface area contributed by atoms with E-state index in [9.17, 15) is 0 Å². The van der Waals surface area contributed by atoms with Gasteiger partial charge in [-0.05, 0) is 18.4 Å². The van der Waals surface area contributed by atoms with Crippen LogP contribution in [0.15, 0.2) is 23.1 Å². The lowest BCUT2D eigenvalue weighted by Gasteiger charge is -2.02. The van der Waals surface area contributed by atoms with Gasteiger partial charge in [-0.15, -0.1) is 11.8 Å². The molecular weight excluding hydrogens is 192 g/mol. The highest BCUT2D eigenvalue weighted by atomic mass is 35.5. The first-order chi connectivity index (χ1) is 5.65. The number of hydrogen-bond donors (Lipinski definition) is 2. The molecule has 1 aromatic rings. The average Bonchev–Trinajstić information content (AvgIpc) is 2.04. The molecule has 1 rings (SSSR count). The molecule has 12 heavy (non-hydrogen) atoms. The predicted molar refractivity (Wildman–Crippen MR) is 54.2 cm³/mol. The Morgan fingerprint density at radius 3 is 2.67 bits per heavy atom. The second kappa shape index (κ2) is 3.83. The molecule has 0 spiro atoms. The maximum absolute atomic E-state index is 7.17. The molecular formula is C8H9ClN2S. The van der Waals surface area contributed by atoms with Gasteiger partial charge in [-0.3, -0.25) is 5.41 Å². The van der Waals surface area contributed by atoms with Crippen LogP contribution in [-0.2, 0) is 0 Å². The van der Waals surface area contributed by atoms with E-state index in [2.05, 4.69) is 0 Å². The third kappa shape index (κ3) is 1.93. The van der Waals surface area contributed by atoms with Gasteiger partial charge in [-0.2, -0.15) is 0 Å². The Morgan fingerprint density at radius 1 is 1.58 bits per heavy atom. The normalized spacial score (nSPS) is 9.83. The SMILES string of the molecule is CSc1ccc(C(=N)N)cc1Cl. The van der Waals surface area contributed by atoms with Crippen LogP contribution in [0.25, 0.3) is 0 Å². The smallest absolute Gasteiger partial charge is 0.122 e. The van der Waals surface area contributed by atoms with Crippen molar-refractivity contribution in [1.29, 1.82) is 5.41 Å². The fourth-order valence-electron chi connectivity index (χ4n) is 0.834. The van der Waals surface area contributed by atoms with E-state index in [1.165, 1.54) is 0 Å². The van der Waals surface area contributed by atoms with Gasteiger partial charge in [0.25, 0.3) is 0 Å². The zero-order chi connectivity index (χ0) is 9.14. The zero-order valence-corrected chi connectivity index (χ0v) is 8.17. The van der Waals surface area contributed by atoms with Gasteiger partial charge in [-0.25, -0.2) is 0 Å². The zero-order valence-electron chi connectivity index (χ0n) is 6.60. The van der Waals surface area contributed by atoms with E-state index in [-0.39, 0.29) is 5.84 Å². The van der Waals surface area contributed by atoms with Crippen molar-refractivity contribution in [3.8, 4) is 0 Å². The molecule has 0 amide bonds. The lowest BCUT2D eigenvalue weighted by Crippen LogP contribution is -2.10. The van der Waals surface area contributed by atoms with Crippen molar-refractivity contribution in [2.24, 2.45) is 5.73 Å². The molecule has 1 aromatic carbocycles. The molecule has 0 bridgehead atoms. The van der Waals surface area contributed by atoms with E-state index < -0.39 is 0 Å². The van der Waals surface area contributed by atoms with Crippen LogP contribution in [0.1, 0.15) is 5.56 Å². The Labute approximate surface area is 80.6 Å². The highest BCUT2D eigenvalue weighted by molar-refractivity contribution is 7.98. The molecule has 0 aliphatic heterocycles. The van der Waals surface area contributed by atoms with Crippen molar-refractivity contribution in [3.63, 3.8) is 0 Å². The van der Waals surface area contributed by atoms with Crippen molar-refractivity contribution in [2.45, 2.75) is 4.90 Å². The fourth-order valence-corrected chi connectivity index (χ4v) is 1.70. The maximum atomic E-state index is 7.17. The van der Waals surface area contributed by atoms with Crippen LogP contribution in [0.3, 0.4) is 0 Å². The second-order valence-electron chi connectivity index (χ2n) is 2.26. The van der Waals surface area contributed by atoms with Crippen LogP contribution in [0.5, 0.6) is 0 Å². The summed E-state index contributed by atoms with van der Waals surface area (Å²) in [5.74, 6) is 0.0459. The molecule has 0 aliphatic rings. The Hall–Kier alpha value is -0.670. The van der Waals surface area contributed by atoms with Gasteiger partial charge < -0.3 is 5.73 Å². The van der Waals surface area contributed by atoms with Crippen LogP contribution in [0, 0.1) is 5.41 Å². The van der Waals surface area contributed by atoms with Crippen molar-refractivity contribution in [2.75, 3.05) is 6.26 Å². The number of halogens is 1. The molecule has 64 valence electrons. The first kappa shape index (κ1) is 9.42. The second-order valence-corrected chi connectivity index (χ2v) is 3.52. The number of benzene rings is 1. The monoisotopic (exact) mass is 200 g/mol. The number of thioether (sulfide) groups is 1. The molecule has 0 atom stereocenters. The summed E-state index contributed by atoms with van der Waals surface area (Å²) >= 11 is 7.47. The standard InChI is InChI=1S/C8H9ClN2S/c1-12-7-3-2-5(8(10)11)4-6(7)9/h2-4H,1H3,(H3,10,11). The Balaban J connectivity index is 3.10. The van der Waals surface area contributed by atoms with Gasteiger partial charge >= 0.3 is 0 Å². The lowest BCUT2D eigenvalue weighted by atomic mass is 10.2. The summed E-state index contributed by atoms with van der Waals surface area (Å²) in [6, 6.07) is 5.36. The van der Waals surface area contributed by atoms with Crippen LogP contribution in [0.4, 0.5) is 0 Å². The summed E-state index contributed by atoms with van der Waals surface area (Å²) < 4.78 is 0. The van der Waals surface area contributed by atoms with E-state index in [0.717, 1.165) is 4.90 Å². The number of amidine groups is 1. The molecule has 3 N–H and O–H groups in total. The predicted octanol–water partition coefficient (Wildman–Crippen LogP) is 2.35. The molecule has 0 aromatic heterocycles. The molecule has 4 heteroatoms. The molecule has 0 saturated heterocycles. The Kier molecular flexibility index (Phi) is 3.00. The molecule has 0 heterocycles. The topological polar surface area (TPSA) is 49.9 Å². The first-order valence-corrected chi connectivity index (χ1v) is 4.93. The third-order valence-electron chi connectivity index (χ3n) is 1.46. The van der Waals surface area contributed by atoms with Crippen LogP contribution in [0.2, 0.25) is 5.02 Å². The van der Waals surface area contributed by atoms with Crippen molar-refractivity contribution >= 4 is 29.2 Å². The molecule has 0 fully saturated rings. The summed E-state index contributed by atoms with van der Waals surface area (Å²) in [6.07, 6.45) is 1.95. The van der Waals surface area contributed by atoms with Gasteiger partial charge in [0, 0.05) is 10.5 Å². The Bertz CT molecular complexity index is 312. The summed E-state index contributed by atoms with van der Waals surface area (Å²) in [5, 5.41) is 7.82. The van der Waals surface area contributed by atoms with Gasteiger partial charge in [0.1, 0.15) is 5.84 Å².